The highest BCUT2D eigenvalue weighted by Crippen LogP contribution is 2.17. The molecule has 0 amide bonds. The summed E-state index contributed by atoms with van der Waals surface area (Å²) >= 11 is 2.08. The van der Waals surface area contributed by atoms with Gasteiger partial charge in [0.05, 0.1) is 0 Å². The first-order chi connectivity index (χ1) is 6.18. The number of unbranched alkanes of at least 4 members (excludes halogenated alkanes) is 1. The van der Waals surface area contributed by atoms with E-state index in [9.17, 15) is 0 Å². The molecule has 1 unspecified atom stereocenters. The van der Waals surface area contributed by atoms with Crippen LogP contribution in [-0.2, 0) is 0 Å². The third kappa shape index (κ3) is 8.63. The summed E-state index contributed by atoms with van der Waals surface area (Å²) in [4.78, 5) is 0. The first-order valence-electron chi connectivity index (χ1n) is 5.50. The molecule has 0 heterocycles. The van der Waals surface area contributed by atoms with Gasteiger partial charge in [0.2, 0.25) is 0 Å². The highest BCUT2D eigenvalue weighted by molar-refractivity contribution is 7.99. The van der Waals surface area contributed by atoms with Crippen molar-refractivity contribution < 1.29 is 0 Å². The molecule has 0 aliphatic carbocycles. The minimum atomic E-state index is 0.799. The molecular formula is C11H25NS. The molecule has 1 nitrogen and oxygen atoms in total. The van der Waals surface area contributed by atoms with Gasteiger partial charge in [-0.05, 0) is 18.9 Å². The van der Waals surface area contributed by atoms with Crippen molar-refractivity contribution in [3.8, 4) is 0 Å². The molecular weight excluding hydrogens is 178 g/mol. The lowest BCUT2D eigenvalue weighted by atomic mass is 10.2. The van der Waals surface area contributed by atoms with Crippen LogP contribution < -0.4 is 5.32 Å². The Labute approximate surface area is 88.1 Å². The van der Waals surface area contributed by atoms with E-state index in [4.69, 9.17) is 0 Å². The maximum absolute atomic E-state index is 3.46. The van der Waals surface area contributed by atoms with Gasteiger partial charge in [0.15, 0.2) is 0 Å². The third-order valence-corrected chi connectivity index (χ3v) is 3.82. The summed E-state index contributed by atoms with van der Waals surface area (Å²) in [6.45, 7) is 11.5. The fraction of sp³-hybridized carbons (Fsp3) is 1.00. The van der Waals surface area contributed by atoms with E-state index in [1.165, 1.54) is 31.7 Å². The van der Waals surface area contributed by atoms with E-state index < -0.39 is 0 Å². The van der Waals surface area contributed by atoms with Crippen molar-refractivity contribution in [1.82, 2.24) is 5.32 Å². The molecule has 0 spiro atoms. The van der Waals surface area contributed by atoms with Crippen molar-refractivity contribution >= 4 is 11.8 Å². The van der Waals surface area contributed by atoms with Crippen LogP contribution in [0.4, 0.5) is 0 Å². The SMILES string of the molecule is CCCCNCCSC(C)C(C)C. The third-order valence-electron chi connectivity index (χ3n) is 2.31. The summed E-state index contributed by atoms with van der Waals surface area (Å²) in [6.07, 6.45) is 2.60. The van der Waals surface area contributed by atoms with Crippen molar-refractivity contribution in [3.63, 3.8) is 0 Å². The van der Waals surface area contributed by atoms with Crippen molar-refractivity contribution in [1.29, 1.82) is 0 Å². The fourth-order valence-electron chi connectivity index (χ4n) is 0.936. The lowest BCUT2D eigenvalue weighted by molar-refractivity contribution is 0.638. The summed E-state index contributed by atoms with van der Waals surface area (Å²) in [6, 6.07) is 0. The summed E-state index contributed by atoms with van der Waals surface area (Å²) in [5, 5.41) is 4.26. The van der Waals surface area contributed by atoms with E-state index in [1.54, 1.807) is 0 Å². The number of hydrogen-bond acceptors (Lipinski definition) is 2. The molecule has 0 rings (SSSR count). The van der Waals surface area contributed by atoms with E-state index in [2.05, 4.69) is 44.8 Å². The van der Waals surface area contributed by atoms with Gasteiger partial charge >= 0.3 is 0 Å². The van der Waals surface area contributed by atoms with Crippen molar-refractivity contribution in [2.24, 2.45) is 5.92 Å². The minimum absolute atomic E-state index is 0.799. The van der Waals surface area contributed by atoms with Crippen LogP contribution in [0.25, 0.3) is 0 Å². The zero-order chi connectivity index (χ0) is 10.1. The first-order valence-corrected chi connectivity index (χ1v) is 6.55. The monoisotopic (exact) mass is 203 g/mol. The lowest BCUT2D eigenvalue weighted by Crippen LogP contribution is -2.19. The van der Waals surface area contributed by atoms with Crippen molar-refractivity contribution in [2.75, 3.05) is 18.8 Å². The quantitative estimate of drug-likeness (QED) is 0.608. The smallest absolute Gasteiger partial charge is 0.00608 e. The zero-order valence-electron chi connectivity index (χ0n) is 9.60. The Morgan fingerprint density at radius 1 is 1.15 bits per heavy atom. The number of hydrogen-bond donors (Lipinski definition) is 1. The molecule has 0 saturated carbocycles. The minimum Gasteiger partial charge on any atom is -0.316 e. The van der Waals surface area contributed by atoms with Gasteiger partial charge in [-0.3, -0.25) is 0 Å². The molecule has 0 aromatic heterocycles. The second-order valence-electron chi connectivity index (χ2n) is 3.92. The fourth-order valence-corrected chi connectivity index (χ4v) is 1.96. The van der Waals surface area contributed by atoms with E-state index in [0.717, 1.165) is 11.2 Å². The van der Waals surface area contributed by atoms with Gasteiger partial charge in [-0.2, -0.15) is 11.8 Å². The lowest BCUT2D eigenvalue weighted by Gasteiger charge is -2.14. The van der Waals surface area contributed by atoms with Gasteiger partial charge in [0.25, 0.3) is 0 Å². The highest BCUT2D eigenvalue weighted by atomic mass is 32.2. The largest absolute Gasteiger partial charge is 0.316 e. The average Bonchev–Trinajstić information content (AvgIpc) is 2.10. The molecule has 80 valence electrons. The standard InChI is InChI=1S/C11H25NS/c1-5-6-7-12-8-9-13-11(4)10(2)3/h10-12H,5-9H2,1-4H3. The molecule has 13 heavy (non-hydrogen) atoms. The van der Waals surface area contributed by atoms with Gasteiger partial charge in [-0.15, -0.1) is 0 Å². The summed E-state index contributed by atoms with van der Waals surface area (Å²) in [7, 11) is 0. The van der Waals surface area contributed by atoms with Gasteiger partial charge in [-0.25, -0.2) is 0 Å². The topological polar surface area (TPSA) is 12.0 Å². The summed E-state index contributed by atoms with van der Waals surface area (Å²) in [5.41, 5.74) is 0. The van der Waals surface area contributed by atoms with Crippen LogP contribution in [0.3, 0.4) is 0 Å². The molecule has 0 fully saturated rings. The van der Waals surface area contributed by atoms with Gasteiger partial charge < -0.3 is 5.32 Å². The summed E-state index contributed by atoms with van der Waals surface area (Å²) < 4.78 is 0. The second kappa shape index (κ2) is 8.89. The highest BCUT2D eigenvalue weighted by Gasteiger charge is 2.05. The van der Waals surface area contributed by atoms with Crippen LogP contribution in [0.15, 0.2) is 0 Å². The molecule has 0 aliphatic rings. The van der Waals surface area contributed by atoms with Crippen LogP contribution in [0.5, 0.6) is 0 Å². The van der Waals surface area contributed by atoms with Gasteiger partial charge in [0, 0.05) is 17.5 Å². The zero-order valence-corrected chi connectivity index (χ0v) is 10.4. The Bertz CT molecular complexity index is 104. The van der Waals surface area contributed by atoms with Gasteiger partial charge in [-0.1, -0.05) is 34.1 Å². The first kappa shape index (κ1) is 13.3. The molecule has 0 aromatic carbocycles. The van der Waals surface area contributed by atoms with E-state index in [1.807, 2.05) is 0 Å². The Kier molecular flexibility index (Phi) is 9.10. The van der Waals surface area contributed by atoms with Crippen LogP contribution in [0.1, 0.15) is 40.5 Å². The predicted octanol–water partition coefficient (Wildman–Crippen LogP) is 3.15. The molecule has 0 bridgehead atoms. The van der Waals surface area contributed by atoms with Crippen molar-refractivity contribution in [3.05, 3.63) is 0 Å². The van der Waals surface area contributed by atoms with E-state index in [0.29, 0.717) is 0 Å². The molecule has 1 N–H and O–H groups in total. The molecule has 2 heteroatoms. The Hall–Kier alpha value is 0.310. The van der Waals surface area contributed by atoms with Crippen LogP contribution >= 0.6 is 11.8 Å². The molecule has 1 atom stereocenters. The molecule has 0 aromatic rings. The molecule has 0 aliphatic heterocycles. The molecule has 0 saturated heterocycles. The van der Waals surface area contributed by atoms with Gasteiger partial charge in [0.1, 0.15) is 0 Å². The van der Waals surface area contributed by atoms with Crippen molar-refractivity contribution in [2.45, 2.75) is 45.8 Å². The van der Waals surface area contributed by atoms with E-state index in [-0.39, 0.29) is 0 Å². The number of thioether (sulfide) groups is 1. The summed E-state index contributed by atoms with van der Waals surface area (Å²) in [5.74, 6) is 2.06. The average molecular weight is 203 g/mol. The normalized spacial score (nSPS) is 13.6. The Morgan fingerprint density at radius 2 is 1.85 bits per heavy atom. The predicted molar refractivity (Wildman–Crippen MR) is 64.5 cm³/mol. The molecule has 0 radical (unpaired) electrons. The van der Waals surface area contributed by atoms with E-state index >= 15 is 0 Å². The Morgan fingerprint density at radius 3 is 2.38 bits per heavy atom. The Balaban J connectivity index is 3.07. The van der Waals surface area contributed by atoms with Crippen LogP contribution in [0, 0.1) is 5.92 Å². The number of nitrogens with one attached hydrogen (secondary N) is 1. The number of rotatable bonds is 8. The maximum atomic E-state index is 3.46. The van der Waals surface area contributed by atoms with Crippen LogP contribution in [-0.4, -0.2) is 24.1 Å². The maximum Gasteiger partial charge on any atom is 0.00608 e. The van der Waals surface area contributed by atoms with Crippen LogP contribution in [0.2, 0.25) is 0 Å². The second-order valence-corrected chi connectivity index (χ2v) is 5.41.